The van der Waals surface area contributed by atoms with Crippen molar-refractivity contribution in [1.29, 1.82) is 0 Å². The number of para-hydroxylation sites is 2. The van der Waals surface area contributed by atoms with Gasteiger partial charge in [0, 0.05) is 6.54 Å². The first-order chi connectivity index (χ1) is 15.2. The van der Waals surface area contributed by atoms with Crippen molar-refractivity contribution in [3.05, 3.63) is 66.9 Å². The van der Waals surface area contributed by atoms with Gasteiger partial charge in [0.15, 0.2) is 34.3 Å². The standard InChI is InChI=1S/C20H19N5O5S/c1-2-9-25-18(16-11-29-13-6-3-4-7-14(13)30-16)22-24-20(25)31-12-17(26)21-23-19(27)15-8-5-10-28-15/h2-8,10,16H,1,9,11-12H2,(H,21,26)(H,23,27). The fourth-order valence-electron chi connectivity index (χ4n) is 2.85. The van der Waals surface area contributed by atoms with Gasteiger partial charge < -0.3 is 13.9 Å². The van der Waals surface area contributed by atoms with Gasteiger partial charge in [-0.05, 0) is 24.3 Å². The second-order valence-corrected chi connectivity index (χ2v) is 7.32. The molecular formula is C20H19N5O5S. The third-order valence-electron chi connectivity index (χ3n) is 4.25. The minimum atomic E-state index is -0.546. The minimum absolute atomic E-state index is 0.0125. The number of nitrogens with one attached hydrogen (secondary N) is 2. The molecule has 1 aliphatic heterocycles. The van der Waals surface area contributed by atoms with Crippen LogP contribution in [-0.4, -0.2) is 38.9 Å². The normalized spacial score (nSPS) is 14.6. The summed E-state index contributed by atoms with van der Waals surface area (Å²) in [5.41, 5.74) is 4.62. The van der Waals surface area contributed by atoms with E-state index in [0.29, 0.717) is 29.0 Å². The minimum Gasteiger partial charge on any atom is -0.485 e. The number of nitrogens with zero attached hydrogens (tertiary/aromatic N) is 3. The zero-order chi connectivity index (χ0) is 21.6. The second kappa shape index (κ2) is 9.39. The fourth-order valence-corrected chi connectivity index (χ4v) is 3.61. The van der Waals surface area contributed by atoms with Crippen LogP contribution in [0.15, 0.2) is 64.9 Å². The molecule has 3 heterocycles. The Bertz CT molecular complexity index is 1080. The Morgan fingerprint density at radius 2 is 2.03 bits per heavy atom. The lowest BCUT2D eigenvalue weighted by Crippen LogP contribution is -2.42. The van der Waals surface area contributed by atoms with Crippen molar-refractivity contribution >= 4 is 23.6 Å². The van der Waals surface area contributed by atoms with Gasteiger partial charge in [-0.2, -0.15) is 0 Å². The largest absolute Gasteiger partial charge is 0.485 e. The topological polar surface area (TPSA) is 121 Å². The molecule has 1 aliphatic rings. The monoisotopic (exact) mass is 441 g/mol. The van der Waals surface area contributed by atoms with Crippen molar-refractivity contribution in [3.63, 3.8) is 0 Å². The van der Waals surface area contributed by atoms with Gasteiger partial charge in [0.25, 0.3) is 0 Å². The number of carbonyl (C=O) groups is 2. The zero-order valence-corrected chi connectivity index (χ0v) is 17.1. The van der Waals surface area contributed by atoms with Crippen molar-refractivity contribution in [2.24, 2.45) is 0 Å². The van der Waals surface area contributed by atoms with Gasteiger partial charge in [-0.1, -0.05) is 30.0 Å². The Hall–Kier alpha value is -3.73. The summed E-state index contributed by atoms with van der Waals surface area (Å²) < 4.78 is 18.6. The molecule has 0 fully saturated rings. The molecule has 3 aromatic rings. The number of thioether (sulfide) groups is 1. The predicted molar refractivity (Wildman–Crippen MR) is 111 cm³/mol. The van der Waals surface area contributed by atoms with Gasteiger partial charge in [-0.15, -0.1) is 16.8 Å². The van der Waals surface area contributed by atoms with E-state index in [1.807, 2.05) is 28.8 Å². The van der Waals surface area contributed by atoms with E-state index in [9.17, 15) is 9.59 Å². The number of carbonyl (C=O) groups excluding carboxylic acids is 2. The molecule has 160 valence electrons. The number of rotatable bonds is 7. The van der Waals surface area contributed by atoms with Gasteiger partial charge >= 0.3 is 5.91 Å². The molecule has 1 unspecified atom stereocenters. The van der Waals surface area contributed by atoms with E-state index in [4.69, 9.17) is 13.9 Å². The highest BCUT2D eigenvalue weighted by Crippen LogP contribution is 2.36. The molecule has 0 spiro atoms. The molecule has 2 amide bonds. The molecule has 0 aliphatic carbocycles. The SMILES string of the molecule is C=CCn1c(SCC(=O)NNC(=O)c2ccco2)nnc1C1COc2ccccc2O1. The maximum absolute atomic E-state index is 12.1. The van der Waals surface area contributed by atoms with Gasteiger partial charge in [0.2, 0.25) is 5.91 Å². The van der Waals surface area contributed by atoms with Crippen LogP contribution < -0.4 is 20.3 Å². The molecule has 1 atom stereocenters. The summed E-state index contributed by atoms with van der Waals surface area (Å²) in [6.45, 7) is 4.50. The quantitative estimate of drug-likeness (QED) is 0.325. The number of allylic oxidation sites excluding steroid dienone is 1. The van der Waals surface area contributed by atoms with E-state index in [-0.39, 0.29) is 18.1 Å². The number of fused-ring (bicyclic) bond motifs is 1. The van der Waals surface area contributed by atoms with E-state index in [1.54, 1.807) is 12.1 Å². The van der Waals surface area contributed by atoms with Gasteiger partial charge in [0.05, 0.1) is 12.0 Å². The van der Waals surface area contributed by atoms with Crippen molar-refractivity contribution in [2.45, 2.75) is 17.8 Å². The number of amides is 2. The Morgan fingerprint density at radius 1 is 1.19 bits per heavy atom. The average Bonchev–Trinajstić information content (AvgIpc) is 3.46. The summed E-state index contributed by atoms with van der Waals surface area (Å²) in [6, 6.07) is 10.5. The number of furan rings is 1. The predicted octanol–water partition coefficient (Wildman–Crippen LogP) is 2.12. The lowest BCUT2D eigenvalue weighted by Gasteiger charge is -2.26. The summed E-state index contributed by atoms with van der Waals surface area (Å²) in [5, 5.41) is 8.95. The second-order valence-electron chi connectivity index (χ2n) is 6.37. The smallest absolute Gasteiger partial charge is 0.305 e. The van der Waals surface area contributed by atoms with Crippen LogP contribution in [0.3, 0.4) is 0 Å². The van der Waals surface area contributed by atoms with Crippen molar-refractivity contribution in [1.82, 2.24) is 25.6 Å². The zero-order valence-electron chi connectivity index (χ0n) is 16.3. The molecule has 0 saturated heterocycles. The van der Waals surface area contributed by atoms with E-state index < -0.39 is 17.9 Å². The van der Waals surface area contributed by atoms with Crippen LogP contribution in [0.25, 0.3) is 0 Å². The average molecular weight is 441 g/mol. The highest BCUT2D eigenvalue weighted by atomic mass is 32.2. The van der Waals surface area contributed by atoms with Gasteiger partial charge in [0.1, 0.15) is 6.61 Å². The van der Waals surface area contributed by atoms with Gasteiger partial charge in [-0.25, -0.2) is 0 Å². The molecule has 0 radical (unpaired) electrons. The summed E-state index contributed by atoms with van der Waals surface area (Å²) in [5.74, 6) is 1.03. The maximum Gasteiger partial charge on any atom is 0.305 e. The van der Waals surface area contributed by atoms with E-state index in [1.165, 1.54) is 24.1 Å². The van der Waals surface area contributed by atoms with Crippen LogP contribution >= 0.6 is 11.8 Å². The van der Waals surface area contributed by atoms with Crippen molar-refractivity contribution in [3.8, 4) is 11.5 Å². The molecule has 2 N–H and O–H groups in total. The summed E-state index contributed by atoms with van der Waals surface area (Å²) in [4.78, 5) is 23.9. The van der Waals surface area contributed by atoms with Crippen LogP contribution in [0.4, 0.5) is 0 Å². The Kier molecular flexibility index (Phi) is 6.22. The molecule has 11 heteroatoms. The number of benzene rings is 1. The molecule has 4 rings (SSSR count). The number of hydrogen-bond donors (Lipinski definition) is 2. The number of ether oxygens (including phenoxy) is 2. The maximum atomic E-state index is 12.1. The highest BCUT2D eigenvalue weighted by Gasteiger charge is 2.28. The highest BCUT2D eigenvalue weighted by molar-refractivity contribution is 7.99. The third kappa shape index (κ3) is 4.72. The Morgan fingerprint density at radius 3 is 2.81 bits per heavy atom. The van der Waals surface area contributed by atoms with Crippen molar-refractivity contribution in [2.75, 3.05) is 12.4 Å². The molecule has 1 aromatic carbocycles. The first-order valence-electron chi connectivity index (χ1n) is 9.33. The molecular weight excluding hydrogens is 422 g/mol. The van der Waals surface area contributed by atoms with Crippen LogP contribution in [-0.2, 0) is 11.3 Å². The molecule has 31 heavy (non-hydrogen) atoms. The summed E-state index contributed by atoms with van der Waals surface area (Å²) in [7, 11) is 0. The number of hydrogen-bond acceptors (Lipinski definition) is 8. The lowest BCUT2D eigenvalue weighted by molar-refractivity contribution is -0.119. The van der Waals surface area contributed by atoms with Crippen molar-refractivity contribution < 1.29 is 23.5 Å². The first kappa shape index (κ1) is 20.5. The number of aromatic nitrogens is 3. The van der Waals surface area contributed by atoms with Gasteiger partial charge in [-0.3, -0.25) is 25.0 Å². The lowest BCUT2D eigenvalue weighted by atomic mass is 10.2. The van der Waals surface area contributed by atoms with Crippen LogP contribution in [0.2, 0.25) is 0 Å². The van der Waals surface area contributed by atoms with Crippen LogP contribution in [0.1, 0.15) is 22.5 Å². The Labute approximate surface area is 181 Å². The fraction of sp³-hybridized carbons (Fsp3) is 0.200. The first-order valence-corrected chi connectivity index (χ1v) is 10.3. The summed E-state index contributed by atoms with van der Waals surface area (Å²) in [6.07, 6.45) is 2.63. The summed E-state index contributed by atoms with van der Waals surface area (Å²) >= 11 is 1.17. The van der Waals surface area contributed by atoms with E-state index >= 15 is 0 Å². The Balaban J connectivity index is 1.38. The van der Waals surface area contributed by atoms with E-state index in [2.05, 4.69) is 27.6 Å². The molecule has 0 bridgehead atoms. The molecule has 2 aromatic heterocycles. The molecule has 0 saturated carbocycles. The van der Waals surface area contributed by atoms with E-state index in [0.717, 1.165) is 0 Å². The van der Waals surface area contributed by atoms with Crippen LogP contribution in [0, 0.1) is 0 Å². The van der Waals surface area contributed by atoms with Crippen LogP contribution in [0.5, 0.6) is 11.5 Å². The third-order valence-corrected chi connectivity index (χ3v) is 5.21. The number of hydrazine groups is 1. The molecule has 10 nitrogen and oxygen atoms in total.